The smallest absolute Gasteiger partial charge is 0.223 e. The number of para-hydroxylation sites is 6. The van der Waals surface area contributed by atoms with Gasteiger partial charge in [-0.15, -0.1) is 0 Å². The lowest BCUT2D eigenvalue weighted by molar-refractivity contribution is -0.115. The van der Waals surface area contributed by atoms with Crippen LogP contribution in [0.15, 0.2) is 72.8 Å². The fourth-order valence-corrected chi connectivity index (χ4v) is 7.89. The van der Waals surface area contributed by atoms with E-state index in [0.29, 0.717) is 37.5 Å². The van der Waals surface area contributed by atoms with E-state index in [1.807, 2.05) is 72.8 Å². The van der Waals surface area contributed by atoms with E-state index in [-0.39, 0.29) is 17.7 Å². The first-order chi connectivity index (χ1) is 26.1. The van der Waals surface area contributed by atoms with Crippen LogP contribution in [0.25, 0.3) is 33.1 Å². The van der Waals surface area contributed by atoms with Gasteiger partial charge in [-0.3, -0.25) is 30.3 Å². The first-order valence-corrected chi connectivity index (χ1v) is 18.5. The molecule has 7 aromatic rings. The Morgan fingerprint density at radius 3 is 0.944 bits per heavy atom. The van der Waals surface area contributed by atoms with Crippen molar-refractivity contribution in [2.24, 2.45) is 0 Å². The molecule has 7 rings (SSSR count). The van der Waals surface area contributed by atoms with Crippen LogP contribution in [0, 0.1) is 0 Å². The van der Waals surface area contributed by atoms with Crippen LogP contribution in [0.3, 0.4) is 0 Å². The molecule has 0 atom stereocenters. The Morgan fingerprint density at radius 2 is 0.704 bits per heavy atom. The van der Waals surface area contributed by atoms with Gasteiger partial charge in [0.1, 0.15) is 0 Å². The van der Waals surface area contributed by atoms with E-state index in [2.05, 4.69) is 50.4 Å². The largest absolute Gasteiger partial charge is 0.305 e. The molecule has 0 aliphatic heterocycles. The average Bonchev–Trinajstić information content (AvgIpc) is 3.78. The molecule has 0 unspecified atom stereocenters. The van der Waals surface area contributed by atoms with Crippen LogP contribution in [0.1, 0.15) is 74.9 Å². The van der Waals surface area contributed by atoms with Gasteiger partial charge in [-0.2, -0.15) is 0 Å². The third kappa shape index (κ3) is 6.70. The van der Waals surface area contributed by atoms with Crippen LogP contribution in [-0.4, -0.2) is 46.4 Å². The topological polar surface area (TPSA) is 141 Å². The Morgan fingerprint density at radius 1 is 0.444 bits per heavy atom. The summed E-state index contributed by atoms with van der Waals surface area (Å²) in [7, 11) is 0. The molecule has 0 radical (unpaired) electrons. The van der Waals surface area contributed by atoms with Gasteiger partial charge >= 0.3 is 0 Å². The van der Waals surface area contributed by atoms with Crippen LogP contribution >= 0.6 is 0 Å². The number of benzene rings is 4. The summed E-state index contributed by atoms with van der Waals surface area (Å²) in [5.41, 5.74) is 12.1. The molecule has 0 aliphatic carbocycles. The van der Waals surface area contributed by atoms with Gasteiger partial charge in [0.05, 0.1) is 52.7 Å². The fraction of sp³-hybridized carbons (Fsp3) is 0.286. The van der Waals surface area contributed by atoms with Gasteiger partial charge in [0.15, 0.2) is 0 Å². The lowest BCUT2D eigenvalue weighted by atomic mass is 9.83. The van der Waals surface area contributed by atoms with Crippen molar-refractivity contribution in [1.29, 1.82) is 0 Å². The van der Waals surface area contributed by atoms with Gasteiger partial charge in [-0.1, -0.05) is 57.2 Å². The van der Waals surface area contributed by atoms with Crippen molar-refractivity contribution in [3.63, 3.8) is 0 Å². The Kier molecular flexibility index (Phi) is 10.0. The predicted molar refractivity (Wildman–Crippen MR) is 214 cm³/mol. The molecule has 276 valence electrons. The van der Waals surface area contributed by atoms with E-state index in [1.165, 1.54) is 37.5 Å². The minimum absolute atomic E-state index is 0.198. The van der Waals surface area contributed by atoms with Crippen LogP contribution in [0.2, 0.25) is 0 Å². The summed E-state index contributed by atoms with van der Waals surface area (Å²) in [6.45, 7) is 12.4. The third-order valence-corrected chi connectivity index (χ3v) is 10.0. The molecule has 0 saturated heterocycles. The van der Waals surface area contributed by atoms with Crippen molar-refractivity contribution < 1.29 is 14.4 Å². The summed E-state index contributed by atoms with van der Waals surface area (Å²) in [5.74, 6) is 0.856. The Hall–Kier alpha value is -6.30. The van der Waals surface area contributed by atoms with E-state index < -0.39 is 0 Å². The molecule has 0 aliphatic rings. The van der Waals surface area contributed by atoms with Gasteiger partial charge in [-0.05, 0) is 89.0 Å². The van der Waals surface area contributed by atoms with E-state index >= 15 is 0 Å². The minimum atomic E-state index is -0.198. The maximum atomic E-state index is 12.5. The molecule has 4 aromatic carbocycles. The van der Waals surface area contributed by atoms with Crippen molar-refractivity contribution in [3.05, 3.63) is 106 Å². The highest BCUT2D eigenvalue weighted by molar-refractivity contribution is 5.92. The summed E-state index contributed by atoms with van der Waals surface area (Å²) < 4.78 is 6.27. The molecular formula is C42H45N9O3. The van der Waals surface area contributed by atoms with Gasteiger partial charge < -0.3 is 13.7 Å². The number of nitrogens with one attached hydrogen (secondary N) is 3. The van der Waals surface area contributed by atoms with Gasteiger partial charge in [-0.25, -0.2) is 15.0 Å². The zero-order valence-corrected chi connectivity index (χ0v) is 31.6. The van der Waals surface area contributed by atoms with Crippen LogP contribution < -0.4 is 16.0 Å². The highest BCUT2D eigenvalue weighted by Crippen LogP contribution is 2.36. The number of hydrogen-bond donors (Lipinski definition) is 3. The molecule has 3 N–H and O–H groups in total. The molecule has 12 nitrogen and oxygen atoms in total. The van der Waals surface area contributed by atoms with Crippen LogP contribution in [-0.2, 0) is 53.3 Å². The monoisotopic (exact) mass is 723 g/mol. The van der Waals surface area contributed by atoms with Crippen molar-refractivity contribution in [2.45, 2.75) is 80.4 Å². The maximum absolute atomic E-state index is 12.5. The second-order valence-electron chi connectivity index (χ2n) is 13.5. The van der Waals surface area contributed by atoms with Crippen LogP contribution in [0.4, 0.5) is 17.8 Å². The summed E-state index contributed by atoms with van der Waals surface area (Å²) in [4.78, 5) is 51.9. The first kappa shape index (κ1) is 36.1. The molecule has 0 bridgehead atoms. The van der Waals surface area contributed by atoms with Gasteiger partial charge in [0.25, 0.3) is 0 Å². The average molecular weight is 724 g/mol. The number of amides is 3. The standard InChI is InChI=1S/C42H45N9O3/c1-7-28-31(22-49-37-19-13-10-16-34(37)46-40(49)43-25(4)52)29(8-2)33(24-51-39-21-15-12-18-36(39)48-42(51)45-27(6)54)30(9-3)32(28)23-50-38-20-14-11-17-35(38)47-41(50)44-26(5)53/h10-21H,7-9,22-24H2,1-6H3,(H,43,46,52)(H,44,47,53)(H,45,48,54). The number of anilines is 3. The van der Waals surface area contributed by atoms with Crippen LogP contribution in [0.5, 0.6) is 0 Å². The SMILES string of the molecule is CCc1c(Cn2c(NC(C)=O)nc3ccccc32)c(CC)c(Cn2c(NC(C)=O)nc3ccccc32)c(CC)c1Cn1c(NC(C)=O)nc2ccccc21. The second-order valence-corrected chi connectivity index (χ2v) is 13.5. The molecule has 3 heterocycles. The van der Waals surface area contributed by atoms with Gasteiger partial charge in [0, 0.05) is 20.8 Å². The second kappa shape index (κ2) is 15.0. The minimum Gasteiger partial charge on any atom is -0.305 e. The normalized spacial score (nSPS) is 11.4. The molecular weight excluding hydrogens is 679 g/mol. The van der Waals surface area contributed by atoms with E-state index in [4.69, 9.17) is 15.0 Å². The van der Waals surface area contributed by atoms with E-state index in [9.17, 15) is 14.4 Å². The lowest BCUT2D eigenvalue weighted by Crippen LogP contribution is -2.21. The summed E-state index contributed by atoms with van der Waals surface area (Å²) in [5, 5.41) is 8.95. The predicted octanol–water partition coefficient (Wildman–Crippen LogP) is 7.44. The number of aromatic nitrogens is 6. The molecule has 0 spiro atoms. The Labute approximate surface area is 313 Å². The highest BCUT2D eigenvalue weighted by atomic mass is 16.2. The van der Waals surface area contributed by atoms with E-state index in [1.54, 1.807) is 0 Å². The van der Waals surface area contributed by atoms with Gasteiger partial charge in [0.2, 0.25) is 35.6 Å². The molecule has 12 heteroatoms. The number of fused-ring (bicyclic) bond motifs is 3. The Balaban J connectivity index is 1.53. The molecule has 3 amide bonds. The first-order valence-electron chi connectivity index (χ1n) is 18.5. The summed E-state index contributed by atoms with van der Waals surface area (Å²) in [6, 6.07) is 23.7. The number of carbonyl (C=O) groups is 3. The maximum Gasteiger partial charge on any atom is 0.223 e. The van der Waals surface area contributed by atoms with E-state index in [0.717, 1.165) is 69.1 Å². The molecule has 0 fully saturated rings. The Bertz CT molecular complexity index is 2270. The van der Waals surface area contributed by atoms with Crippen molar-refractivity contribution >= 4 is 68.7 Å². The third-order valence-electron chi connectivity index (χ3n) is 10.0. The molecule has 54 heavy (non-hydrogen) atoms. The molecule has 3 aromatic heterocycles. The number of rotatable bonds is 12. The number of carbonyl (C=O) groups excluding carboxylic acids is 3. The zero-order valence-electron chi connectivity index (χ0n) is 31.6. The number of nitrogens with zero attached hydrogens (tertiary/aromatic N) is 6. The summed E-state index contributed by atoms with van der Waals surface area (Å²) >= 11 is 0. The molecule has 0 saturated carbocycles. The number of hydrogen-bond acceptors (Lipinski definition) is 6. The lowest BCUT2D eigenvalue weighted by Gasteiger charge is -2.28. The van der Waals surface area contributed by atoms with Crippen molar-refractivity contribution in [2.75, 3.05) is 16.0 Å². The quantitative estimate of drug-likeness (QED) is 0.120. The van der Waals surface area contributed by atoms with Crippen molar-refractivity contribution in [1.82, 2.24) is 28.7 Å². The highest BCUT2D eigenvalue weighted by Gasteiger charge is 2.26. The zero-order chi connectivity index (χ0) is 38.1. The van der Waals surface area contributed by atoms with Crippen molar-refractivity contribution in [3.8, 4) is 0 Å². The summed E-state index contributed by atoms with van der Waals surface area (Å²) in [6.07, 6.45) is 2.21. The number of imidazole rings is 3. The fourth-order valence-electron chi connectivity index (χ4n) is 7.89.